The molecule has 0 saturated heterocycles. The Morgan fingerprint density at radius 3 is 2.58 bits per heavy atom. The Kier molecular flexibility index (Phi) is 3.09. The molecule has 0 atom stereocenters. The number of aryl methyl sites for hydroxylation is 2. The molecule has 3 heteroatoms. The van der Waals surface area contributed by atoms with Crippen LogP contribution >= 0.6 is 15.9 Å². The van der Waals surface area contributed by atoms with E-state index in [0.717, 1.165) is 24.4 Å². The minimum atomic E-state index is 0.00921. The first-order chi connectivity index (χ1) is 5.69. The van der Waals surface area contributed by atoms with E-state index in [4.69, 9.17) is 4.42 Å². The molecule has 0 saturated carbocycles. The van der Waals surface area contributed by atoms with Crippen LogP contribution in [0.4, 0.5) is 0 Å². The summed E-state index contributed by atoms with van der Waals surface area (Å²) in [4.78, 5) is 11.3. The normalized spacial score (nSPS) is 10.2. The second kappa shape index (κ2) is 3.90. The van der Waals surface area contributed by atoms with Crippen molar-refractivity contribution in [3.8, 4) is 0 Å². The SMILES string of the molecule is CCc1cc(=O)c(Br)c(CC)o1. The Labute approximate surface area is 79.7 Å². The largest absolute Gasteiger partial charge is 0.465 e. The molecule has 2 nitrogen and oxygen atoms in total. The minimum absolute atomic E-state index is 0.00921. The second-order valence-electron chi connectivity index (χ2n) is 2.52. The van der Waals surface area contributed by atoms with Crippen molar-refractivity contribution in [1.82, 2.24) is 0 Å². The fourth-order valence-electron chi connectivity index (χ4n) is 0.981. The molecule has 0 aromatic carbocycles. The molecule has 66 valence electrons. The van der Waals surface area contributed by atoms with Crippen LogP contribution in [0, 0.1) is 0 Å². The van der Waals surface area contributed by atoms with Crippen molar-refractivity contribution in [2.24, 2.45) is 0 Å². The van der Waals surface area contributed by atoms with Crippen molar-refractivity contribution in [3.05, 3.63) is 32.3 Å². The average molecular weight is 231 g/mol. The van der Waals surface area contributed by atoms with E-state index in [9.17, 15) is 4.79 Å². The van der Waals surface area contributed by atoms with Gasteiger partial charge in [-0.3, -0.25) is 4.79 Å². The maximum absolute atomic E-state index is 11.3. The van der Waals surface area contributed by atoms with Crippen molar-refractivity contribution in [2.75, 3.05) is 0 Å². The summed E-state index contributed by atoms with van der Waals surface area (Å²) in [7, 11) is 0. The van der Waals surface area contributed by atoms with Gasteiger partial charge in [0.2, 0.25) is 0 Å². The Hall–Kier alpha value is -0.570. The molecule has 0 fully saturated rings. The number of hydrogen-bond donors (Lipinski definition) is 0. The third kappa shape index (κ3) is 1.78. The Morgan fingerprint density at radius 2 is 2.08 bits per heavy atom. The molecule has 0 radical (unpaired) electrons. The summed E-state index contributed by atoms with van der Waals surface area (Å²) in [5, 5.41) is 0. The highest BCUT2D eigenvalue weighted by molar-refractivity contribution is 9.10. The van der Waals surface area contributed by atoms with E-state index in [1.54, 1.807) is 0 Å². The molecule has 0 aliphatic rings. The molecule has 1 aromatic heterocycles. The van der Waals surface area contributed by atoms with E-state index in [2.05, 4.69) is 15.9 Å². The Bertz CT molecular complexity index is 328. The van der Waals surface area contributed by atoms with E-state index in [1.165, 1.54) is 6.07 Å². The fraction of sp³-hybridized carbons (Fsp3) is 0.444. The Morgan fingerprint density at radius 1 is 1.42 bits per heavy atom. The third-order valence-electron chi connectivity index (χ3n) is 1.68. The lowest BCUT2D eigenvalue weighted by molar-refractivity contribution is 0.450. The van der Waals surface area contributed by atoms with E-state index in [0.29, 0.717) is 4.47 Å². The molecule has 12 heavy (non-hydrogen) atoms. The van der Waals surface area contributed by atoms with Crippen LogP contribution in [-0.2, 0) is 12.8 Å². The van der Waals surface area contributed by atoms with Gasteiger partial charge in [-0.15, -0.1) is 0 Å². The van der Waals surface area contributed by atoms with Gasteiger partial charge in [-0.1, -0.05) is 13.8 Å². The predicted molar refractivity (Wildman–Crippen MR) is 51.4 cm³/mol. The lowest BCUT2D eigenvalue weighted by atomic mass is 10.2. The molecule has 1 rings (SSSR count). The maximum Gasteiger partial charge on any atom is 0.199 e. The summed E-state index contributed by atoms with van der Waals surface area (Å²) < 4.78 is 6.00. The highest BCUT2D eigenvalue weighted by atomic mass is 79.9. The monoisotopic (exact) mass is 230 g/mol. The van der Waals surface area contributed by atoms with Gasteiger partial charge in [-0.2, -0.15) is 0 Å². The highest BCUT2D eigenvalue weighted by Gasteiger charge is 2.06. The van der Waals surface area contributed by atoms with Gasteiger partial charge in [0.15, 0.2) is 5.43 Å². The van der Waals surface area contributed by atoms with Crippen LogP contribution in [0.15, 0.2) is 19.8 Å². The van der Waals surface area contributed by atoms with Crippen LogP contribution in [-0.4, -0.2) is 0 Å². The topological polar surface area (TPSA) is 30.2 Å². The molecule has 0 bridgehead atoms. The van der Waals surface area contributed by atoms with Crippen LogP contribution in [0.25, 0.3) is 0 Å². The minimum Gasteiger partial charge on any atom is -0.465 e. The summed E-state index contributed by atoms with van der Waals surface area (Å²) >= 11 is 3.20. The van der Waals surface area contributed by atoms with E-state index in [1.807, 2.05) is 13.8 Å². The molecular weight excluding hydrogens is 220 g/mol. The summed E-state index contributed by atoms with van der Waals surface area (Å²) in [5.41, 5.74) is 0.00921. The first kappa shape index (κ1) is 9.52. The number of rotatable bonds is 2. The zero-order valence-electron chi connectivity index (χ0n) is 7.19. The smallest absolute Gasteiger partial charge is 0.199 e. The third-order valence-corrected chi connectivity index (χ3v) is 2.51. The second-order valence-corrected chi connectivity index (χ2v) is 3.31. The summed E-state index contributed by atoms with van der Waals surface area (Å²) in [6.45, 7) is 3.92. The maximum atomic E-state index is 11.3. The number of halogens is 1. The van der Waals surface area contributed by atoms with Gasteiger partial charge in [0, 0.05) is 18.9 Å². The first-order valence-corrected chi connectivity index (χ1v) is 4.79. The van der Waals surface area contributed by atoms with Gasteiger partial charge in [0.25, 0.3) is 0 Å². The zero-order valence-corrected chi connectivity index (χ0v) is 8.77. The fourth-order valence-corrected chi connectivity index (χ4v) is 1.46. The molecule has 1 heterocycles. The quantitative estimate of drug-likeness (QED) is 0.782. The zero-order chi connectivity index (χ0) is 9.14. The lowest BCUT2D eigenvalue weighted by Gasteiger charge is -2.01. The van der Waals surface area contributed by atoms with Crippen LogP contribution in [0.2, 0.25) is 0 Å². The van der Waals surface area contributed by atoms with Crippen molar-refractivity contribution < 1.29 is 4.42 Å². The summed E-state index contributed by atoms with van der Waals surface area (Å²) in [5.74, 6) is 1.49. The van der Waals surface area contributed by atoms with Gasteiger partial charge in [-0.25, -0.2) is 0 Å². The molecule has 0 amide bonds. The number of hydrogen-bond acceptors (Lipinski definition) is 2. The van der Waals surface area contributed by atoms with Crippen LogP contribution in [0.5, 0.6) is 0 Å². The Balaban J connectivity index is 3.29. The molecule has 0 aliphatic heterocycles. The molecule has 0 N–H and O–H groups in total. The van der Waals surface area contributed by atoms with Gasteiger partial charge in [0.1, 0.15) is 16.0 Å². The summed E-state index contributed by atoms with van der Waals surface area (Å²) in [6, 6.07) is 1.53. The van der Waals surface area contributed by atoms with E-state index >= 15 is 0 Å². The van der Waals surface area contributed by atoms with Gasteiger partial charge < -0.3 is 4.42 Å². The standard InChI is InChI=1S/C9H11BrO2/c1-3-6-5-7(11)9(10)8(4-2)12-6/h5H,3-4H2,1-2H3. The van der Waals surface area contributed by atoms with Crippen molar-refractivity contribution in [1.29, 1.82) is 0 Å². The van der Waals surface area contributed by atoms with Crippen LogP contribution in [0.3, 0.4) is 0 Å². The van der Waals surface area contributed by atoms with E-state index < -0.39 is 0 Å². The van der Waals surface area contributed by atoms with E-state index in [-0.39, 0.29) is 5.43 Å². The van der Waals surface area contributed by atoms with Gasteiger partial charge in [-0.05, 0) is 15.9 Å². The van der Waals surface area contributed by atoms with Crippen molar-refractivity contribution in [2.45, 2.75) is 26.7 Å². The molecular formula is C9H11BrO2. The first-order valence-electron chi connectivity index (χ1n) is 4.00. The molecule has 0 spiro atoms. The highest BCUT2D eigenvalue weighted by Crippen LogP contribution is 2.14. The molecule has 0 aliphatic carbocycles. The summed E-state index contributed by atoms with van der Waals surface area (Å²) in [6.07, 6.45) is 1.50. The van der Waals surface area contributed by atoms with Crippen LogP contribution in [0.1, 0.15) is 25.4 Å². The lowest BCUT2D eigenvalue weighted by Crippen LogP contribution is -2.05. The van der Waals surface area contributed by atoms with Crippen LogP contribution < -0.4 is 5.43 Å². The predicted octanol–water partition coefficient (Wildman–Crippen LogP) is 2.53. The van der Waals surface area contributed by atoms with Crippen molar-refractivity contribution >= 4 is 15.9 Å². The van der Waals surface area contributed by atoms with Gasteiger partial charge in [0.05, 0.1) is 0 Å². The molecule has 1 aromatic rings. The van der Waals surface area contributed by atoms with Gasteiger partial charge >= 0.3 is 0 Å². The average Bonchev–Trinajstić information content (AvgIpc) is 2.09. The molecule has 0 unspecified atom stereocenters. The van der Waals surface area contributed by atoms with Crippen molar-refractivity contribution in [3.63, 3.8) is 0 Å².